The number of thiophene rings is 1. The molecular weight excluding hydrogens is 218 g/mol. The average Bonchev–Trinajstić information content (AvgIpc) is 2.82. The molecule has 1 fully saturated rings. The fourth-order valence-corrected chi connectivity index (χ4v) is 2.86. The third-order valence-corrected chi connectivity index (χ3v) is 4.02. The van der Waals surface area contributed by atoms with Crippen LogP contribution in [0.5, 0.6) is 0 Å². The van der Waals surface area contributed by atoms with Gasteiger partial charge in [0.15, 0.2) is 0 Å². The van der Waals surface area contributed by atoms with Gasteiger partial charge in [-0.25, -0.2) is 0 Å². The van der Waals surface area contributed by atoms with Gasteiger partial charge in [0.05, 0.1) is 12.2 Å². The molecule has 0 radical (unpaired) electrons. The van der Waals surface area contributed by atoms with Crippen LogP contribution in [0.3, 0.4) is 0 Å². The van der Waals surface area contributed by atoms with E-state index in [2.05, 4.69) is 27.9 Å². The van der Waals surface area contributed by atoms with Crippen molar-refractivity contribution < 1.29 is 0 Å². The summed E-state index contributed by atoms with van der Waals surface area (Å²) in [5.41, 5.74) is 0. The Balaban J connectivity index is 1.82. The Morgan fingerprint density at radius 1 is 1.50 bits per heavy atom. The lowest BCUT2D eigenvalue weighted by Gasteiger charge is -2.17. The van der Waals surface area contributed by atoms with E-state index < -0.39 is 0 Å². The van der Waals surface area contributed by atoms with Crippen LogP contribution in [0.4, 0.5) is 5.82 Å². The molecule has 84 valence electrons. The highest BCUT2D eigenvalue weighted by Crippen LogP contribution is 2.43. The first-order chi connectivity index (χ1) is 7.84. The Bertz CT molecular complexity index is 456. The van der Waals surface area contributed by atoms with E-state index in [0.717, 1.165) is 11.7 Å². The van der Waals surface area contributed by atoms with Crippen molar-refractivity contribution >= 4 is 17.2 Å². The third kappa shape index (κ3) is 1.85. The van der Waals surface area contributed by atoms with E-state index in [9.17, 15) is 0 Å². The van der Waals surface area contributed by atoms with E-state index in [1.807, 2.05) is 35.3 Å². The van der Waals surface area contributed by atoms with E-state index in [4.69, 9.17) is 0 Å². The Kier molecular flexibility index (Phi) is 2.44. The van der Waals surface area contributed by atoms with Gasteiger partial charge in [0.1, 0.15) is 5.82 Å². The minimum Gasteiger partial charge on any atom is -0.362 e. The van der Waals surface area contributed by atoms with Gasteiger partial charge in [-0.05, 0) is 30.2 Å². The maximum Gasteiger partial charge on any atom is 0.124 e. The second kappa shape index (κ2) is 3.94. The summed E-state index contributed by atoms with van der Waals surface area (Å²) in [5, 5.41) is 9.94. The highest BCUT2D eigenvalue weighted by atomic mass is 32.1. The van der Waals surface area contributed by atoms with E-state index in [0.29, 0.717) is 6.04 Å². The van der Waals surface area contributed by atoms with Gasteiger partial charge in [-0.15, -0.1) is 11.3 Å². The van der Waals surface area contributed by atoms with Crippen molar-refractivity contribution in [2.24, 2.45) is 13.0 Å². The highest BCUT2D eigenvalue weighted by Gasteiger charge is 2.33. The lowest BCUT2D eigenvalue weighted by atomic mass is 10.1. The highest BCUT2D eigenvalue weighted by molar-refractivity contribution is 7.10. The predicted octanol–water partition coefficient (Wildman–Crippen LogP) is 3.04. The topological polar surface area (TPSA) is 29.9 Å². The molecule has 1 aliphatic rings. The van der Waals surface area contributed by atoms with Crippen LogP contribution in [0.15, 0.2) is 29.8 Å². The minimum atomic E-state index is 0.468. The molecule has 1 N–H and O–H groups in total. The summed E-state index contributed by atoms with van der Waals surface area (Å²) >= 11 is 1.83. The van der Waals surface area contributed by atoms with Gasteiger partial charge in [0.2, 0.25) is 0 Å². The summed E-state index contributed by atoms with van der Waals surface area (Å²) in [5.74, 6) is 1.90. The van der Waals surface area contributed by atoms with Gasteiger partial charge in [0.25, 0.3) is 0 Å². The van der Waals surface area contributed by atoms with Crippen molar-refractivity contribution in [1.29, 1.82) is 0 Å². The van der Waals surface area contributed by atoms with Crippen LogP contribution >= 0.6 is 11.3 Å². The molecule has 1 saturated carbocycles. The molecule has 16 heavy (non-hydrogen) atoms. The maximum atomic E-state index is 4.19. The molecule has 0 aromatic carbocycles. The van der Waals surface area contributed by atoms with E-state index >= 15 is 0 Å². The van der Waals surface area contributed by atoms with Crippen LogP contribution in [0.2, 0.25) is 0 Å². The fourth-order valence-electron chi connectivity index (χ4n) is 1.99. The third-order valence-electron chi connectivity index (χ3n) is 3.07. The van der Waals surface area contributed by atoms with Gasteiger partial charge in [-0.2, -0.15) is 5.10 Å². The van der Waals surface area contributed by atoms with Gasteiger partial charge in [0, 0.05) is 18.0 Å². The molecule has 1 unspecified atom stereocenters. The zero-order valence-electron chi connectivity index (χ0n) is 9.26. The monoisotopic (exact) mass is 233 g/mol. The van der Waals surface area contributed by atoms with Crippen LogP contribution in [-0.2, 0) is 7.05 Å². The molecule has 4 heteroatoms. The normalized spacial score (nSPS) is 17.3. The van der Waals surface area contributed by atoms with Crippen LogP contribution in [-0.4, -0.2) is 9.78 Å². The second-order valence-electron chi connectivity index (χ2n) is 4.31. The molecule has 0 saturated heterocycles. The van der Waals surface area contributed by atoms with Crippen LogP contribution in [0, 0.1) is 5.92 Å². The molecule has 2 heterocycles. The van der Waals surface area contributed by atoms with Gasteiger partial charge in [-0.1, -0.05) is 6.07 Å². The number of hydrogen-bond donors (Lipinski definition) is 1. The van der Waals surface area contributed by atoms with Crippen LogP contribution in [0.1, 0.15) is 23.8 Å². The molecular formula is C12H15N3S. The van der Waals surface area contributed by atoms with Crippen molar-refractivity contribution in [2.45, 2.75) is 18.9 Å². The fraction of sp³-hybridized carbons (Fsp3) is 0.417. The molecule has 0 bridgehead atoms. The van der Waals surface area contributed by atoms with Crippen molar-refractivity contribution in [1.82, 2.24) is 9.78 Å². The Hall–Kier alpha value is -1.29. The van der Waals surface area contributed by atoms with Crippen molar-refractivity contribution in [3.8, 4) is 0 Å². The van der Waals surface area contributed by atoms with Gasteiger partial charge >= 0.3 is 0 Å². The molecule has 0 amide bonds. The van der Waals surface area contributed by atoms with Crippen LogP contribution in [0.25, 0.3) is 0 Å². The minimum absolute atomic E-state index is 0.468. The predicted molar refractivity (Wildman–Crippen MR) is 66.6 cm³/mol. The SMILES string of the molecule is Cn1nccc1NC(c1cccs1)C1CC1. The quantitative estimate of drug-likeness (QED) is 0.879. The van der Waals surface area contributed by atoms with Gasteiger partial charge in [-0.3, -0.25) is 4.68 Å². The Morgan fingerprint density at radius 2 is 2.38 bits per heavy atom. The number of anilines is 1. The number of nitrogens with zero attached hydrogens (tertiary/aromatic N) is 2. The maximum absolute atomic E-state index is 4.19. The van der Waals surface area contributed by atoms with Crippen LogP contribution < -0.4 is 5.32 Å². The Morgan fingerprint density at radius 3 is 2.94 bits per heavy atom. The molecule has 1 aliphatic carbocycles. The molecule has 2 aromatic rings. The number of aryl methyl sites for hydroxylation is 1. The summed E-state index contributed by atoms with van der Waals surface area (Å²) in [6.07, 6.45) is 4.52. The lowest BCUT2D eigenvalue weighted by molar-refractivity contribution is 0.668. The molecule has 1 atom stereocenters. The Labute approximate surface area is 99.1 Å². The lowest BCUT2D eigenvalue weighted by Crippen LogP contribution is -2.13. The smallest absolute Gasteiger partial charge is 0.124 e. The zero-order chi connectivity index (χ0) is 11.0. The number of rotatable bonds is 4. The van der Waals surface area contributed by atoms with E-state index in [1.54, 1.807) is 0 Å². The summed E-state index contributed by atoms with van der Waals surface area (Å²) in [6, 6.07) is 6.84. The largest absolute Gasteiger partial charge is 0.362 e. The molecule has 0 spiro atoms. The average molecular weight is 233 g/mol. The van der Waals surface area contributed by atoms with Crippen molar-refractivity contribution in [3.05, 3.63) is 34.7 Å². The van der Waals surface area contributed by atoms with Crippen molar-refractivity contribution in [2.75, 3.05) is 5.32 Å². The first-order valence-electron chi connectivity index (χ1n) is 5.62. The molecule has 3 rings (SSSR count). The number of hydrogen-bond acceptors (Lipinski definition) is 3. The van der Waals surface area contributed by atoms with E-state index in [1.165, 1.54) is 17.7 Å². The first kappa shape index (κ1) is 9.90. The second-order valence-corrected chi connectivity index (χ2v) is 5.29. The summed E-state index contributed by atoms with van der Waals surface area (Å²) in [6.45, 7) is 0. The molecule has 0 aliphatic heterocycles. The van der Waals surface area contributed by atoms with Gasteiger partial charge < -0.3 is 5.32 Å². The zero-order valence-corrected chi connectivity index (χ0v) is 10.1. The molecule has 2 aromatic heterocycles. The number of aromatic nitrogens is 2. The van der Waals surface area contributed by atoms with Crippen molar-refractivity contribution in [3.63, 3.8) is 0 Å². The first-order valence-corrected chi connectivity index (χ1v) is 6.50. The molecule has 3 nitrogen and oxygen atoms in total. The number of nitrogens with one attached hydrogen (secondary N) is 1. The standard InChI is InChI=1S/C12H15N3S/c1-15-11(6-7-13-15)14-12(9-4-5-9)10-3-2-8-16-10/h2-3,6-9,12,14H,4-5H2,1H3. The van der Waals surface area contributed by atoms with E-state index in [-0.39, 0.29) is 0 Å². The summed E-state index contributed by atoms with van der Waals surface area (Å²) < 4.78 is 1.89. The summed E-state index contributed by atoms with van der Waals surface area (Å²) in [4.78, 5) is 1.43. The summed E-state index contributed by atoms with van der Waals surface area (Å²) in [7, 11) is 1.97.